The van der Waals surface area contributed by atoms with Crippen molar-refractivity contribution in [3.63, 3.8) is 0 Å². The first-order valence-corrected chi connectivity index (χ1v) is 6.71. The number of fused-ring (bicyclic) bond motifs is 1. The second-order valence-corrected chi connectivity index (χ2v) is 4.98. The summed E-state index contributed by atoms with van der Waals surface area (Å²) in [6, 6.07) is 5.92. The summed E-state index contributed by atoms with van der Waals surface area (Å²) in [5, 5.41) is 0. The number of nitrogens with zero attached hydrogens (tertiary/aromatic N) is 1. The van der Waals surface area contributed by atoms with Crippen LogP contribution in [0.2, 0.25) is 0 Å². The van der Waals surface area contributed by atoms with Crippen molar-refractivity contribution in [2.24, 2.45) is 0 Å². The van der Waals surface area contributed by atoms with Gasteiger partial charge in [0.1, 0.15) is 12.4 Å². The van der Waals surface area contributed by atoms with Crippen LogP contribution in [0.1, 0.15) is 25.8 Å². The number of para-hydroxylation sites is 1. The van der Waals surface area contributed by atoms with Crippen LogP contribution in [0.25, 0.3) is 0 Å². The normalized spacial score (nSPS) is 14.4. The summed E-state index contributed by atoms with van der Waals surface area (Å²) in [7, 11) is 1.64. The standard InChI is InChI=1S/C15H21NO3/c1-11(2)19-10-14(17)16-9-5-7-12-6-4-8-13(18-3)15(12)16/h4,6,8,11H,5,7,9-10H2,1-3H3. The molecule has 0 atom stereocenters. The predicted octanol–water partition coefficient (Wildman–Crippen LogP) is 2.40. The molecule has 19 heavy (non-hydrogen) atoms. The number of carbonyl (C=O) groups excluding carboxylic acids is 1. The van der Waals surface area contributed by atoms with Gasteiger partial charge in [-0.25, -0.2) is 0 Å². The molecule has 0 aromatic heterocycles. The Kier molecular flexibility index (Phi) is 4.43. The van der Waals surface area contributed by atoms with E-state index in [2.05, 4.69) is 6.07 Å². The fourth-order valence-electron chi connectivity index (χ4n) is 2.35. The molecule has 1 aromatic carbocycles. The molecule has 0 N–H and O–H groups in total. The first kappa shape index (κ1) is 13.9. The van der Waals surface area contributed by atoms with Crippen LogP contribution in [0.3, 0.4) is 0 Å². The zero-order chi connectivity index (χ0) is 13.8. The number of hydrogen-bond donors (Lipinski definition) is 0. The Hall–Kier alpha value is -1.55. The van der Waals surface area contributed by atoms with E-state index in [4.69, 9.17) is 9.47 Å². The number of ether oxygens (including phenoxy) is 2. The highest BCUT2D eigenvalue weighted by atomic mass is 16.5. The van der Waals surface area contributed by atoms with Crippen LogP contribution in [0.5, 0.6) is 5.75 Å². The molecule has 0 unspecified atom stereocenters. The van der Waals surface area contributed by atoms with Crippen LogP contribution in [0.15, 0.2) is 18.2 Å². The van der Waals surface area contributed by atoms with Gasteiger partial charge in [-0.1, -0.05) is 12.1 Å². The Bertz CT molecular complexity index is 442. The van der Waals surface area contributed by atoms with Gasteiger partial charge in [0, 0.05) is 6.54 Å². The molecule has 0 fully saturated rings. The second-order valence-electron chi connectivity index (χ2n) is 4.98. The Labute approximate surface area is 114 Å². The van der Waals surface area contributed by atoms with Crippen molar-refractivity contribution in [1.29, 1.82) is 0 Å². The van der Waals surface area contributed by atoms with E-state index in [0.717, 1.165) is 30.8 Å². The largest absolute Gasteiger partial charge is 0.495 e. The average molecular weight is 263 g/mol. The summed E-state index contributed by atoms with van der Waals surface area (Å²) >= 11 is 0. The zero-order valence-electron chi connectivity index (χ0n) is 11.8. The molecule has 0 saturated heterocycles. The molecule has 0 radical (unpaired) electrons. The highest BCUT2D eigenvalue weighted by Gasteiger charge is 2.25. The molecule has 0 bridgehead atoms. The van der Waals surface area contributed by atoms with Gasteiger partial charge in [0.05, 0.1) is 18.9 Å². The Balaban J connectivity index is 2.23. The maximum Gasteiger partial charge on any atom is 0.253 e. The summed E-state index contributed by atoms with van der Waals surface area (Å²) in [6.45, 7) is 4.71. The summed E-state index contributed by atoms with van der Waals surface area (Å²) < 4.78 is 10.8. The first-order chi connectivity index (χ1) is 9.13. The van der Waals surface area contributed by atoms with E-state index >= 15 is 0 Å². The number of benzene rings is 1. The first-order valence-electron chi connectivity index (χ1n) is 6.71. The van der Waals surface area contributed by atoms with Crippen LogP contribution in [-0.2, 0) is 16.0 Å². The van der Waals surface area contributed by atoms with E-state index in [1.807, 2.05) is 26.0 Å². The number of rotatable bonds is 4. The molecule has 1 aromatic rings. The van der Waals surface area contributed by atoms with Gasteiger partial charge < -0.3 is 14.4 Å². The van der Waals surface area contributed by atoms with Crippen molar-refractivity contribution < 1.29 is 14.3 Å². The lowest BCUT2D eigenvalue weighted by atomic mass is 10.0. The SMILES string of the molecule is COc1cccc2c1N(C(=O)COC(C)C)CCC2. The van der Waals surface area contributed by atoms with Gasteiger partial charge in [-0.05, 0) is 38.3 Å². The highest BCUT2D eigenvalue weighted by molar-refractivity contribution is 5.97. The van der Waals surface area contributed by atoms with Crippen molar-refractivity contribution in [3.8, 4) is 5.75 Å². The molecule has 1 aliphatic heterocycles. The molecule has 0 aliphatic carbocycles. The molecule has 1 amide bonds. The minimum atomic E-state index is -0.000787. The molecule has 0 saturated carbocycles. The fourth-order valence-corrected chi connectivity index (χ4v) is 2.35. The van der Waals surface area contributed by atoms with Gasteiger partial charge in [0.25, 0.3) is 5.91 Å². The number of anilines is 1. The second kappa shape index (κ2) is 6.06. The minimum absolute atomic E-state index is 0.000787. The summed E-state index contributed by atoms with van der Waals surface area (Å²) in [6.07, 6.45) is 2.03. The summed E-state index contributed by atoms with van der Waals surface area (Å²) in [5.74, 6) is 0.759. The lowest BCUT2D eigenvalue weighted by Gasteiger charge is -2.31. The number of hydrogen-bond acceptors (Lipinski definition) is 3. The molecule has 0 spiro atoms. The predicted molar refractivity (Wildman–Crippen MR) is 74.8 cm³/mol. The van der Waals surface area contributed by atoms with Gasteiger partial charge in [0.15, 0.2) is 0 Å². The van der Waals surface area contributed by atoms with Gasteiger partial charge in [-0.15, -0.1) is 0 Å². The van der Waals surface area contributed by atoms with Gasteiger partial charge >= 0.3 is 0 Å². The fraction of sp³-hybridized carbons (Fsp3) is 0.533. The molecule has 1 heterocycles. The maximum absolute atomic E-state index is 12.3. The van der Waals surface area contributed by atoms with Gasteiger partial charge in [-0.2, -0.15) is 0 Å². The highest BCUT2D eigenvalue weighted by Crippen LogP contribution is 2.36. The smallest absolute Gasteiger partial charge is 0.253 e. The van der Waals surface area contributed by atoms with Crippen LogP contribution in [0.4, 0.5) is 5.69 Å². The summed E-state index contributed by atoms with van der Waals surface area (Å²) in [5.41, 5.74) is 2.08. The third kappa shape index (κ3) is 3.07. The van der Waals surface area contributed by atoms with Crippen molar-refractivity contribution in [2.45, 2.75) is 32.8 Å². The Morgan fingerprint density at radius 1 is 1.42 bits per heavy atom. The average Bonchev–Trinajstić information content (AvgIpc) is 2.43. The number of methoxy groups -OCH3 is 1. The molecule has 4 heteroatoms. The van der Waals surface area contributed by atoms with E-state index in [1.54, 1.807) is 12.0 Å². The third-order valence-corrected chi connectivity index (χ3v) is 3.24. The van der Waals surface area contributed by atoms with Crippen molar-refractivity contribution >= 4 is 11.6 Å². The molecular weight excluding hydrogens is 242 g/mol. The molecule has 2 rings (SSSR count). The number of carbonyl (C=O) groups is 1. The summed E-state index contributed by atoms with van der Waals surface area (Å²) in [4.78, 5) is 14.1. The van der Waals surface area contributed by atoms with Crippen molar-refractivity contribution in [1.82, 2.24) is 0 Å². The lowest BCUT2D eigenvalue weighted by molar-refractivity contribution is -0.124. The molecule has 4 nitrogen and oxygen atoms in total. The van der Waals surface area contributed by atoms with Crippen LogP contribution < -0.4 is 9.64 Å². The minimum Gasteiger partial charge on any atom is -0.495 e. The van der Waals surface area contributed by atoms with Gasteiger partial charge in [-0.3, -0.25) is 4.79 Å². The van der Waals surface area contributed by atoms with Crippen LogP contribution in [0, 0.1) is 0 Å². The van der Waals surface area contributed by atoms with Crippen molar-refractivity contribution in [3.05, 3.63) is 23.8 Å². The topological polar surface area (TPSA) is 38.8 Å². The quantitative estimate of drug-likeness (QED) is 0.837. The third-order valence-electron chi connectivity index (χ3n) is 3.24. The molecule has 1 aliphatic rings. The van der Waals surface area contributed by atoms with Crippen LogP contribution in [-0.4, -0.2) is 32.3 Å². The molecule has 104 valence electrons. The Morgan fingerprint density at radius 2 is 2.21 bits per heavy atom. The van der Waals surface area contributed by atoms with Gasteiger partial charge in [0.2, 0.25) is 0 Å². The zero-order valence-corrected chi connectivity index (χ0v) is 11.8. The van der Waals surface area contributed by atoms with Crippen LogP contribution >= 0.6 is 0 Å². The number of amides is 1. The Morgan fingerprint density at radius 3 is 2.89 bits per heavy atom. The van der Waals surface area contributed by atoms with E-state index in [1.165, 1.54) is 5.56 Å². The van der Waals surface area contributed by atoms with E-state index in [9.17, 15) is 4.79 Å². The van der Waals surface area contributed by atoms with E-state index in [-0.39, 0.29) is 18.6 Å². The maximum atomic E-state index is 12.3. The lowest BCUT2D eigenvalue weighted by Crippen LogP contribution is -2.38. The van der Waals surface area contributed by atoms with Crippen molar-refractivity contribution in [2.75, 3.05) is 25.2 Å². The number of aryl methyl sites for hydroxylation is 1. The monoisotopic (exact) mass is 263 g/mol. The van der Waals surface area contributed by atoms with E-state index < -0.39 is 0 Å². The molecular formula is C15H21NO3. The van der Waals surface area contributed by atoms with E-state index in [0.29, 0.717) is 0 Å².